The standard InChI is InChI=1S/C34H36N6O4/c1-22-28(38-33(44-22)24-8-4-3-5-9-24)17-31(41)40-14-13-39(19-23-12-15-43-21-23)20-30(40)32-35-18-29(36-32)26-16-25-10-6-7-11-27(25)37-34(26)42-2/h3-11,16,18,23,30H,12-15,17,19-21H2,1-2H3,(H,35,36). The van der Waals surface area contributed by atoms with Crippen molar-refractivity contribution in [2.75, 3.05) is 46.5 Å². The molecule has 2 aromatic carbocycles. The number of para-hydroxylation sites is 1. The van der Waals surface area contributed by atoms with Gasteiger partial charge in [0.1, 0.15) is 17.6 Å². The number of amides is 1. The average Bonchev–Trinajstić information content (AvgIpc) is 3.83. The average molecular weight is 593 g/mol. The molecule has 0 aliphatic carbocycles. The summed E-state index contributed by atoms with van der Waals surface area (Å²) >= 11 is 0. The lowest BCUT2D eigenvalue weighted by Gasteiger charge is -2.41. The van der Waals surface area contributed by atoms with Crippen molar-refractivity contribution in [2.45, 2.75) is 25.8 Å². The zero-order chi connectivity index (χ0) is 30.0. The Kier molecular flexibility index (Phi) is 7.84. The fourth-order valence-corrected chi connectivity index (χ4v) is 6.26. The van der Waals surface area contributed by atoms with Gasteiger partial charge in [0.25, 0.3) is 0 Å². The second-order valence-corrected chi connectivity index (χ2v) is 11.6. The Morgan fingerprint density at radius 3 is 2.75 bits per heavy atom. The lowest BCUT2D eigenvalue weighted by Crippen LogP contribution is -2.52. The Morgan fingerprint density at radius 1 is 1.09 bits per heavy atom. The number of aromatic amines is 1. The molecular weight excluding hydrogens is 556 g/mol. The molecule has 10 nitrogen and oxygen atoms in total. The number of rotatable bonds is 8. The Morgan fingerprint density at radius 2 is 1.93 bits per heavy atom. The number of aromatic nitrogens is 4. The Bertz CT molecular complexity index is 1760. The van der Waals surface area contributed by atoms with Gasteiger partial charge in [0.15, 0.2) is 0 Å². The summed E-state index contributed by atoms with van der Waals surface area (Å²) in [6.45, 7) is 6.48. The number of benzene rings is 2. The first-order valence-electron chi connectivity index (χ1n) is 15.2. The van der Waals surface area contributed by atoms with E-state index < -0.39 is 0 Å². The molecule has 10 heteroatoms. The van der Waals surface area contributed by atoms with Crippen molar-refractivity contribution in [1.82, 2.24) is 29.7 Å². The molecule has 44 heavy (non-hydrogen) atoms. The first-order valence-corrected chi connectivity index (χ1v) is 15.2. The van der Waals surface area contributed by atoms with Crippen molar-refractivity contribution in [3.8, 4) is 28.6 Å². The minimum Gasteiger partial charge on any atom is -0.480 e. The van der Waals surface area contributed by atoms with Crippen molar-refractivity contribution in [1.29, 1.82) is 0 Å². The molecule has 0 spiro atoms. The number of nitrogens with one attached hydrogen (secondary N) is 1. The van der Waals surface area contributed by atoms with E-state index in [2.05, 4.69) is 16.0 Å². The number of carbonyl (C=O) groups excluding carboxylic acids is 1. The van der Waals surface area contributed by atoms with E-state index in [1.54, 1.807) is 7.11 Å². The van der Waals surface area contributed by atoms with E-state index in [1.165, 1.54) is 0 Å². The number of carbonyl (C=O) groups is 1. The molecule has 3 aromatic heterocycles. The highest BCUT2D eigenvalue weighted by Gasteiger charge is 2.35. The number of hydrogen-bond donors (Lipinski definition) is 1. The first kappa shape index (κ1) is 28.2. The van der Waals surface area contributed by atoms with Gasteiger partial charge >= 0.3 is 0 Å². The lowest BCUT2D eigenvalue weighted by molar-refractivity contribution is -0.136. The number of pyridine rings is 1. The summed E-state index contributed by atoms with van der Waals surface area (Å²) in [5.74, 6) is 2.95. The predicted octanol–water partition coefficient (Wildman–Crippen LogP) is 5.06. The van der Waals surface area contributed by atoms with Crippen molar-refractivity contribution in [3.05, 3.63) is 84.1 Å². The maximum Gasteiger partial charge on any atom is 0.229 e. The highest BCUT2D eigenvalue weighted by Crippen LogP contribution is 2.33. The third-order valence-corrected chi connectivity index (χ3v) is 8.64. The van der Waals surface area contributed by atoms with Crippen LogP contribution in [0.4, 0.5) is 0 Å². The summed E-state index contributed by atoms with van der Waals surface area (Å²) in [7, 11) is 1.62. The van der Waals surface area contributed by atoms with Gasteiger partial charge in [0.2, 0.25) is 17.7 Å². The molecule has 2 fully saturated rings. The van der Waals surface area contributed by atoms with Crippen molar-refractivity contribution in [3.63, 3.8) is 0 Å². The van der Waals surface area contributed by atoms with E-state index in [1.807, 2.05) is 72.6 Å². The first-order chi connectivity index (χ1) is 21.6. The van der Waals surface area contributed by atoms with Crippen LogP contribution in [0.25, 0.3) is 33.6 Å². The minimum atomic E-state index is -0.257. The minimum absolute atomic E-state index is 0.00207. The summed E-state index contributed by atoms with van der Waals surface area (Å²) in [6, 6.07) is 19.5. The largest absolute Gasteiger partial charge is 0.480 e. The second kappa shape index (κ2) is 12.2. The third-order valence-electron chi connectivity index (χ3n) is 8.64. The second-order valence-electron chi connectivity index (χ2n) is 11.6. The van der Waals surface area contributed by atoms with Crippen LogP contribution in [0.3, 0.4) is 0 Å². The van der Waals surface area contributed by atoms with Gasteiger partial charge in [-0.05, 0) is 43.5 Å². The molecule has 0 saturated carbocycles. The topological polar surface area (TPSA) is 110 Å². The SMILES string of the molecule is COc1nc2ccccc2cc1-c1cnc(C2CN(CC3CCOC3)CCN2C(=O)Cc2nc(-c3ccccc3)oc2C)[nH]1. The molecule has 1 amide bonds. The number of oxazole rings is 1. The van der Waals surface area contributed by atoms with Gasteiger partial charge in [-0.2, -0.15) is 0 Å². The van der Waals surface area contributed by atoms with Crippen LogP contribution in [0.2, 0.25) is 0 Å². The fourth-order valence-electron chi connectivity index (χ4n) is 6.26. The number of piperazine rings is 1. The number of H-pyrrole nitrogens is 1. The van der Waals surface area contributed by atoms with Crippen LogP contribution in [0.15, 0.2) is 71.3 Å². The summed E-state index contributed by atoms with van der Waals surface area (Å²) in [4.78, 5) is 36.1. The molecule has 7 rings (SSSR count). The normalized spacial score (nSPS) is 19.1. The lowest BCUT2D eigenvalue weighted by atomic mass is 10.1. The molecule has 2 unspecified atom stereocenters. The molecule has 5 heterocycles. The summed E-state index contributed by atoms with van der Waals surface area (Å²) in [5.41, 5.74) is 4.03. The molecule has 0 radical (unpaired) electrons. The van der Waals surface area contributed by atoms with Gasteiger partial charge < -0.3 is 23.8 Å². The van der Waals surface area contributed by atoms with Gasteiger partial charge in [0.05, 0.1) is 48.8 Å². The van der Waals surface area contributed by atoms with E-state index >= 15 is 0 Å². The molecule has 5 aromatic rings. The Hall–Kier alpha value is -4.54. The van der Waals surface area contributed by atoms with Crippen molar-refractivity contribution < 1.29 is 18.7 Å². The van der Waals surface area contributed by atoms with Gasteiger partial charge in [0, 0.05) is 43.7 Å². The molecule has 2 aliphatic rings. The highest BCUT2D eigenvalue weighted by atomic mass is 16.5. The molecule has 226 valence electrons. The fraction of sp³-hybridized carbons (Fsp3) is 0.353. The maximum absolute atomic E-state index is 14.0. The molecule has 1 N–H and O–H groups in total. The smallest absolute Gasteiger partial charge is 0.229 e. The van der Waals surface area contributed by atoms with E-state index in [0.29, 0.717) is 42.2 Å². The van der Waals surface area contributed by atoms with E-state index in [0.717, 1.165) is 66.3 Å². The molecular formula is C34H36N6O4. The van der Waals surface area contributed by atoms with Crippen LogP contribution in [0.5, 0.6) is 5.88 Å². The van der Waals surface area contributed by atoms with Gasteiger partial charge in [-0.1, -0.05) is 36.4 Å². The summed E-state index contributed by atoms with van der Waals surface area (Å²) in [5, 5.41) is 1.01. The quantitative estimate of drug-likeness (QED) is 0.266. The van der Waals surface area contributed by atoms with E-state index in [4.69, 9.17) is 28.8 Å². The summed E-state index contributed by atoms with van der Waals surface area (Å²) < 4.78 is 17.3. The van der Waals surface area contributed by atoms with Gasteiger partial charge in [-0.3, -0.25) is 9.69 Å². The van der Waals surface area contributed by atoms with Crippen molar-refractivity contribution >= 4 is 16.8 Å². The van der Waals surface area contributed by atoms with Crippen LogP contribution in [0, 0.1) is 12.8 Å². The zero-order valence-corrected chi connectivity index (χ0v) is 25.0. The Balaban J connectivity index is 1.17. The van der Waals surface area contributed by atoms with E-state index in [-0.39, 0.29) is 18.4 Å². The summed E-state index contributed by atoms with van der Waals surface area (Å²) in [6.07, 6.45) is 3.04. The third kappa shape index (κ3) is 5.70. The zero-order valence-electron chi connectivity index (χ0n) is 25.0. The van der Waals surface area contributed by atoms with Gasteiger partial charge in [-0.25, -0.2) is 15.0 Å². The number of nitrogens with zero attached hydrogens (tertiary/aromatic N) is 5. The van der Waals surface area contributed by atoms with Crippen LogP contribution in [0.1, 0.15) is 29.7 Å². The predicted molar refractivity (Wildman–Crippen MR) is 166 cm³/mol. The van der Waals surface area contributed by atoms with Crippen LogP contribution < -0.4 is 4.74 Å². The van der Waals surface area contributed by atoms with E-state index in [9.17, 15) is 4.79 Å². The molecule has 2 atom stereocenters. The Labute approximate surface area is 256 Å². The monoisotopic (exact) mass is 592 g/mol. The van der Waals surface area contributed by atoms with Crippen molar-refractivity contribution in [2.24, 2.45) is 5.92 Å². The molecule has 2 saturated heterocycles. The molecule has 0 bridgehead atoms. The highest BCUT2D eigenvalue weighted by molar-refractivity contribution is 5.85. The number of fused-ring (bicyclic) bond motifs is 1. The molecule has 2 aliphatic heterocycles. The number of methoxy groups -OCH3 is 1. The van der Waals surface area contributed by atoms with Crippen LogP contribution in [-0.4, -0.2) is 82.1 Å². The number of aryl methyl sites for hydroxylation is 1. The van der Waals surface area contributed by atoms with Crippen LogP contribution >= 0.6 is 0 Å². The number of hydrogen-bond acceptors (Lipinski definition) is 8. The van der Waals surface area contributed by atoms with Crippen LogP contribution in [-0.2, 0) is 16.0 Å². The van der Waals surface area contributed by atoms with Gasteiger partial charge in [-0.15, -0.1) is 0 Å². The number of imidazole rings is 1. The number of ether oxygens (including phenoxy) is 2. The maximum atomic E-state index is 14.0.